The van der Waals surface area contributed by atoms with E-state index in [4.69, 9.17) is 4.74 Å². The summed E-state index contributed by atoms with van der Waals surface area (Å²) in [6.07, 6.45) is 3.40. The number of carbonyl (C=O) groups excluding carboxylic acids is 1. The van der Waals surface area contributed by atoms with Gasteiger partial charge in [0.05, 0.1) is 13.2 Å². The van der Waals surface area contributed by atoms with Crippen molar-refractivity contribution in [1.29, 1.82) is 5.26 Å². The molecule has 4 nitrogen and oxygen atoms in total. The highest BCUT2D eigenvalue weighted by Crippen LogP contribution is 2.31. The van der Waals surface area contributed by atoms with Crippen molar-refractivity contribution >= 4 is 5.91 Å². The molecule has 0 atom stereocenters. The van der Waals surface area contributed by atoms with Gasteiger partial charge in [0.25, 0.3) is 5.91 Å². The van der Waals surface area contributed by atoms with Crippen molar-refractivity contribution in [3.8, 4) is 11.8 Å². The van der Waals surface area contributed by atoms with Crippen LogP contribution in [0.2, 0.25) is 0 Å². The van der Waals surface area contributed by atoms with Crippen molar-refractivity contribution in [1.82, 2.24) is 5.32 Å². The zero-order valence-corrected chi connectivity index (χ0v) is 12.0. The van der Waals surface area contributed by atoms with E-state index in [1.165, 1.54) is 0 Å². The van der Waals surface area contributed by atoms with Crippen LogP contribution in [0.4, 0.5) is 0 Å². The maximum absolute atomic E-state index is 12.3. The third-order valence-corrected chi connectivity index (χ3v) is 4.03. The molecular weight excluding hydrogens is 252 g/mol. The van der Waals surface area contributed by atoms with Crippen molar-refractivity contribution in [2.45, 2.75) is 38.1 Å². The number of benzene rings is 1. The fraction of sp³-hybridized carbons (Fsp3) is 0.500. The van der Waals surface area contributed by atoms with Crippen LogP contribution in [0.25, 0.3) is 0 Å². The minimum atomic E-state index is -0.716. The predicted octanol–water partition coefficient (Wildman–Crippen LogP) is 2.90. The van der Waals surface area contributed by atoms with Crippen LogP contribution in [0.1, 0.15) is 43.0 Å². The first-order valence-electron chi connectivity index (χ1n) is 6.96. The number of rotatable bonds is 3. The van der Waals surface area contributed by atoms with E-state index in [9.17, 15) is 10.1 Å². The first-order valence-corrected chi connectivity index (χ1v) is 6.96. The number of nitriles is 1. The molecular formula is C16H20N2O2. The smallest absolute Gasteiger partial charge is 0.252 e. The standard InChI is InChI=1S/C16H20N2O2/c1-12-6-8-16(11-17,9-7-12)18-15(19)13-4-3-5-14(10-13)20-2/h3-5,10,12H,6-9H2,1-2H3,(H,18,19). The second-order valence-electron chi connectivity index (χ2n) is 5.56. The Morgan fingerprint density at radius 2 is 2.15 bits per heavy atom. The molecule has 0 heterocycles. The number of hydrogen-bond acceptors (Lipinski definition) is 3. The maximum Gasteiger partial charge on any atom is 0.252 e. The molecule has 0 saturated heterocycles. The summed E-state index contributed by atoms with van der Waals surface area (Å²) in [6, 6.07) is 9.29. The summed E-state index contributed by atoms with van der Waals surface area (Å²) in [4.78, 5) is 12.3. The Bertz CT molecular complexity index is 526. The van der Waals surface area contributed by atoms with E-state index in [0.717, 1.165) is 25.7 Å². The molecule has 20 heavy (non-hydrogen) atoms. The average molecular weight is 272 g/mol. The highest BCUT2D eigenvalue weighted by Gasteiger charge is 2.35. The Morgan fingerprint density at radius 3 is 2.75 bits per heavy atom. The number of methoxy groups -OCH3 is 1. The van der Waals surface area contributed by atoms with Crippen molar-refractivity contribution < 1.29 is 9.53 Å². The summed E-state index contributed by atoms with van der Waals surface area (Å²) >= 11 is 0. The lowest BCUT2D eigenvalue weighted by Gasteiger charge is -2.34. The molecule has 1 amide bonds. The second kappa shape index (κ2) is 5.96. The number of hydrogen-bond donors (Lipinski definition) is 1. The fourth-order valence-corrected chi connectivity index (χ4v) is 2.57. The quantitative estimate of drug-likeness (QED) is 0.920. The largest absolute Gasteiger partial charge is 0.497 e. The summed E-state index contributed by atoms with van der Waals surface area (Å²) in [5.74, 6) is 1.06. The molecule has 1 N–H and O–H groups in total. The third kappa shape index (κ3) is 3.11. The molecule has 4 heteroatoms. The average Bonchev–Trinajstić information content (AvgIpc) is 2.50. The topological polar surface area (TPSA) is 62.1 Å². The Morgan fingerprint density at radius 1 is 1.45 bits per heavy atom. The Labute approximate surface area is 119 Å². The fourth-order valence-electron chi connectivity index (χ4n) is 2.57. The molecule has 0 bridgehead atoms. The minimum absolute atomic E-state index is 0.208. The van der Waals surface area contributed by atoms with Crippen molar-refractivity contribution in [3.63, 3.8) is 0 Å². The molecule has 1 aliphatic carbocycles. The molecule has 0 unspecified atom stereocenters. The molecule has 1 aromatic rings. The van der Waals surface area contributed by atoms with Gasteiger partial charge in [0.1, 0.15) is 11.3 Å². The van der Waals surface area contributed by atoms with Crippen LogP contribution >= 0.6 is 0 Å². The van der Waals surface area contributed by atoms with Gasteiger partial charge >= 0.3 is 0 Å². The van der Waals surface area contributed by atoms with Gasteiger partial charge in [0, 0.05) is 5.56 Å². The molecule has 2 rings (SSSR count). The summed E-state index contributed by atoms with van der Waals surface area (Å²) in [7, 11) is 1.57. The lowest BCUT2D eigenvalue weighted by molar-refractivity contribution is 0.0893. The minimum Gasteiger partial charge on any atom is -0.497 e. The Balaban J connectivity index is 2.11. The van der Waals surface area contributed by atoms with Gasteiger partial charge in [-0.3, -0.25) is 4.79 Å². The molecule has 1 fully saturated rings. The molecule has 0 radical (unpaired) electrons. The van der Waals surface area contributed by atoms with Crippen LogP contribution in [0.5, 0.6) is 5.75 Å². The lowest BCUT2D eigenvalue weighted by atomic mass is 9.78. The van der Waals surface area contributed by atoms with Gasteiger partial charge in [-0.25, -0.2) is 0 Å². The van der Waals surface area contributed by atoms with Gasteiger partial charge in [-0.15, -0.1) is 0 Å². The summed E-state index contributed by atoms with van der Waals surface area (Å²) in [5, 5.41) is 12.3. The number of carbonyl (C=O) groups is 1. The van der Waals surface area contributed by atoms with E-state index in [2.05, 4.69) is 18.3 Å². The summed E-state index contributed by atoms with van der Waals surface area (Å²) < 4.78 is 5.12. The first kappa shape index (κ1) is 14.4. The molecule has 1 aromatic carbocycles. The molecule has 1 aliphatic rings. The molecule has 0 spiro atoms. The normalized spacial score (nSPS) is 25.6. The van der Waals surface area contributed by atoms with Gasteiger partial charge in [-0.2, -0.15) is 5.26 Å². The van der Waals surface area contributed by atoms with Gasteiger partial charge in [0.15, 0.2) is 0 Å². The van der Waals surface area contributed by atoms with Gasteiger partial charge in [-0.05, 0) is 49.8 Å². The molecule has 0 aromatic heterocycles. The molecule has 106 valence electrons. The van der Waals surface area contributed by atoms with Crippen molar-refractivity contribution in [2.75, 3.05) is 7.11 Å². The van der Waals surface area contributed by atoms with Crippen LogP contribution < -0.4 is 10.1 Å². The van der Waals surface area contributed by atoms with Crippen LogP contribution in [0.15, 0.2) is 24.3 Å². The zero-order valence-electron chi connectivity index (χ0n) is 12.0. The van der Waals surface area contributed by atoms with Crippen LogP contribution in [0.3, 0.4) is 0 Å². The van der Waals surface area contributed by atoms with Crippen LogP contribution in [-0.4, -0.2) is 18.6 Å². The second-order valence-corrected chi connectivity index (χ2v) is 5.56. The number of ether oxygens (including phenoxy) is 1. The van der Waals surface area contributed by atoms with Crippen molar-refractivity contribution in [2.24, 2.45) is 5.92 Å². The van der Waals surface area contributed by atoms with E-state index < -0.39 is 5.54 Å². The Hall–Kier alpha value is -2.02. The highest BCUT2D eigenvalue weighted by atomic mass is 16.5. The van der Waals surface area contributed by atoms with E-state index in [-0.39, 0.29) is 5.91 Å². The summed E-state index contributed by atoms with van der Waals surface area (Å²) in [5.41, 5.74) is -0.190. The SMILES string of the molecule is COc1cccc(C(=O)NC2(C#N)CCC(C)CC2)c1. The zero-order chi connectivity index (χ0) is 14.6. The lowest BCUT2D eigenvalue weighted by Crippen LogP contribution is -2.49. The summed E-state index contributed by atoms with van der Waals surface area (Å²) in [6.45, 7) is 2.19. The van der Waals surface area contributed by atoms with Gasteiger partial charge in [0.2, 0.25) is 0 Å². The molecule has 0 aliphatic heterocycles. The maximum atomic E-state index is 12.3. The third-order valence-electron chi connectivity index (χ3n) is 4.03. The van der Waals surface area contributed by atoms with Crippen molar-refractivity contribution in [3.05, 3.63) is 29.8 Å². The first-order chi connectivity index (χ1) is 9.58. The number of nitrogens with zero attached hydrogens (tertiary/aromatic N) is 1. The number of amides is 1. The number of nitrogens with one attached hydrogen (secondary N) is 1. The van der Waals surface area contributed by atoms with Crippen LogP contribution in [0, 0.1) is 17.2 Å². The van der Waals surface area contributed by atoms with Crippen LogP contribution in [-0.2, 0) is 0 Å². The highest BCUT2D eigenvalue weighted by molar-refractivity contribution is 5.95. The molecule has 1 saturated carbocycles. The monoisotopic (exact) mass is 272 g/mol. The van der Waals surface area contributed by atoms with E-state index in [1.54, 1.807) is 31.4 Å². The van der Waals surface area contributed by atoms with Gasteiger partial charge < -0.3 is 10.1 Å². The van der Waals surface area contributed by atoms with Gasteiger partial charge in [-0.1, -0.05) is 13.0 Å². The van der Waals surface area contributed by atoms with E-state index in [0.29, 0.717) is 17.2 Å². The van der Waals surface area contributed by atoms with E-state index >= 15 is 0 Å². The van der Waals surface area contributed by atoms with E-state index in [1.807, 2.05) is 0 Å². The predicted molar refractivity (Wildman–Crippen MR) is 76.4 cm³/mol. The Kier molecular flexibility index (Phi) is 4.29.